The highest BCUT2D eigenvalue weighted by molar-refractivity contribution is 5.99. The minimum Gasteiger partial charge on any atom is -0.363 e. The standard InChI is InChI=1S/C19H25N3O/c1-2-3-4-14-7-9-16(10-8-14)21-19(23)22-18-12-17(20-13-18)11-15-5-6-15/h7-10,12-13,15,20H,2-6,11H2,1H3,(H2,21,22,23). The highest BCUT2D eigenvalue weighted by Gasteiger charge is 2.22. The SMILES string of the molecule is CCCCc1ccc(NC(=O)Nc2c[nH]c(CC3CC3)c2)cc1. The number of benzene rings is 1. The third-order valence-corrected chi connectivity index (χ3v) is 4.24. The van der Waals surface area contributed by atoms with Gasteiger partial charge in [-0.05, 0) is 61.8 Å². The minimum absolute atomic E-state index is 0.205. The van der Waals surface area contributed by atoms with E-state index in [0.717, 1.165) is 30.1 Å². The first kappa shape index (κ1) is 15.7. The summed E-state index contributed by atoms with van der Waals surface area (Å²) in [5, 5.41) is 5.74. The Labute approximate surface area is 137 Å². The molecule has 0 spiro atoms. The maximum absolute atomic E-state index is 12.0. The van der Waals surface area contributed by atoms with Crippen LogP contribution in [0.3, 0.4) is 0 Å². The van der Waals surface area contributed by atoms with E-state index in [1.54, 1.807) is 0 Å². The maximum atomic E-state index is 12.0. The third-order valence-electron chi connectivity index (χ3n) is 4.24. The van der Waals surface area contributed by atoms with Crippen LogP contribution in [0, 0.1) is 5.92 Å². The van der Waals surface area contributed by atoms with Crippen LogP contribution < -0.4 is 10.6 Å². The number of aromatic amines is 1. The lowest BCUT2D eigenvalue weighted by molar-refractivity contribution is 0.262. The van der Waals surface area contributed by atoms with E-state index < -0.39 is 0 Å². The molecule has 0 atom stereocenters. The number of anilines is 2. The van der Waals surface area contributed by atoms with Crippen molar-refractivity contribution in [3.8, 4) is 0 Å². The molecule has 1 aliphatic carbocycles. The number of rotatable bonds is 7. The second kappa shape index (κ2) is 7.36. The van der Waals surface area contributed by atoms with Gasteiger partial charge in [0.25, 0.3) is 0 Å². The van der Waals surface area contributed by atoms with Crippen LogP contribution in [0.4, 0.5) is 16.2 Å². The van der Waals surface area contributed by atoms with Crippen LogP contribution in [0.25, 0.3) is 0 Å². The van der Waals surface area contributed by atoms with Gasteiger partial charge >= 0.3 is 6.03 Å². The molecule has 122 valence electrons. The molecule has 0 saturated heterocycles. The van der Waals surface area contributed by atoms with Crippen molar-refractivity contribution < 1.29 is 4.79 Å². The summed E-state index contributed by atoms with van der Waals surface area (Å²) in [6, 6.07) is 9.89. The summed E-state index contributed by atoms with van der Waals surface area (Å²) in [6.45, 7) is 2.19. The number of aromatic nitrogens is 1. The summed E-state index contributed by atoms with van der Waals surface area (Å²) >= 11 is 0. The van der Waals surface area contributed by atoms with E-state index in [4.69, 9.17) is 0 Å². The Kier molecular flexibility index (Phi) is 5.01. The average Bonchev–Trinajstić information content (AvgIpc) is 3.25. The molecule has 0 radical (unpaired) electrons. The largest absolute Gasteiger partial charge is 0.363 e. The Morgan fingerprint density at radius 3 is 2.61 bits per heavy atom. The Bertz CT molecular complexity index is 641. The molecule has 1 aliphatic rings. The van der Waals surface area contributed by atoms with Crippen molar-refractivity contribution in [3.63, 3.8) is 0 Å². The summed E-state index contributed by atoms with van der Waals surface area (Å²) in [7, 11) is 0. The highest BCUT2D eigenvalue weighted by atomic mass is 16.2. The Morgan fingerprint density at radius 2 is 1.91 bits per heavy atom. The Hall–Kier alpha value is -2.23. The number of amides is 2. The maximum Gasteiger partial charge on any atom is 0.323 e. The summed E-state index contributed by atoms with van der Waals surface area (Å²) in [5.41, 5.74) is 4.14. The van der Waals surface area contributed by atoms with E-state index in [1.807, 2.05) is 24.4 Å². The first-order chi connectivity index (χ1) is 11.2. The molecular formula is C19H25N3O. The molecule has 4 heteroatoms. The van der Waals surface area contributed by atoms with Gasteiger partial charge in [-0.15, -0.1) is 0 Å². The second-order valence-electron chi connectivity index (χ2n) is 6.44. The molecule has 23 heavy (non-hydrogen) atoms. The number of hydrogen-bond donors (Lipinski definition) is 3. The first-order valence-electron chi connectivity index (χ1n) is 8.57. The van der Waals surface area contributed by atoms with E-state index in [0.29, 0.717) is 0 Å². The zero-order valence-electron chi connectivity index (χ0n) is 13.7. The molecule has 0 bridgehead atoms. The van der Waals surface area contributed by atoms with Gasteiger partial charge in [0, 0.05) is 17.6 Å². The molecule has 1 fully saturated rings. The Balaban J connectivity index is 1.49. The van der Waals surface area contributed by atoms with Crippen molar-refractivity contribution >= 4 is 17.4 Å². The molecule has 1 aromatic carbocycles. The molecule has 3 N–H and O–H groups in total. The zero-order valence-corrected chi connectivity index (χ0v) is 13.7. The minimum atomic E-state index is -0.205. The van der Waals surface area contributed by atoms with E-state index >= 15 is 0 Å². The lowest BCUT2D eigenvalue weighted by atomic mass is 10.1. The van der Waals surface area contributed by atoms with Crippen LogP contribution in [-0.4, -0.2) is 11.0 Å². The van der Waals surface area contributed by atoms with Gasteiger partial charge in [0.1, 0.15) is 0 Å². The van der Waals surface area contributed by atoms with Crippen LogP contribution in [0.2, 0.25) is 0 Å². The van der Waals surface area contributed by atoms with Crippen molar-refractivity contribution in [2.75, 3.05) is 10.6 Å². The molecule has 0 unspecified atom stereocenters. The van der Waals surface area contributed by atoms with Crippen LogP contribution in [-0.2, 0) is 12.8 Å². The summed E-state index contributed by atoms with van der Waals surface area (Å²) < 4.78 is 0. The topological polar surface area (TPSA) is 56.9 Å². The van der Waals surface area contributed by atoms with Crippen molar-refractivity contribution in [2.24, 2.45) is 5.92 Å². The lowest BCUT2D eigenvalue weighted by Crippen LogP contribution is -2.19. The van der Waals surface area contributed by atoms with Crippen LogP contribution in [0.15, 0.2) is 36.5 Å². The molecule has 1 heterocycles. The molecule has 0 aliphatic heterocycles. The molecule has 2 aromatic rings. The number of H-pyrrole nitrogens is 1. The number of nitrogens with one attached hydrogen (secondary N) is 3. The average molecular weight is 311 g/mol. The number of unbranched alkanes of at least 4 members (excludes halogenated alkanes) is 1. The number of urea groups is 1. The molecule has 1 aromatic heterocycles. The molecular weight excluding hydrogens is 286 g/mol. The molecule has 4 nitrogen and oxygen atoms in total. The van der Waals surface area contributed by atoms with Crippen molar-refractivity contribution in [2.45, 2.75) is 45.4 Å². The second-order valence-corrected chi connectivity index (χ2v) is 6.44. The van der Waals surface area contributed by atoms with Crippen LogP contribution >= 0.6 is 0 Å². The van der Waals surface area contributed by atoms with E-state index in [-0.39, 0.29) is 6.03 Å². The predicted octanol–water partition coefficient (Wildman–Crippen LogP) is 4.95. The fourth-order valence-corrected chi connectivity index (χ4v) is 2.69. The van der Waals surface area contributed by atoms with Gasteiger partial charge in [0.2, 0.25) is 0 Å². The molecule has 2 amide bonds. The summed E-state index contributed by atoms with van der Waals surface area (Å²) in [4.78, 5) is 15.3. The van der Waals surface area contributed by atoms with E-state index in [9.17, 15) is 4.79 Å². The highest BCUT2D eigenvalue weighted by Crippen LogP contribution is 2.32. The summed E-state index contributed by atoms with van der Waals surface area (Å²) in [5.74, 6) is 0.835. The van der Waals surface area contributed by atoms with Gasteiger partial charge in [0.05, 0.1) is 5.69 Å². The number of aryl methyl sites for hydroxylation is 1. The monoisotopic (exact) mass is 311 g/mol. The first-order valence-corrected chi connectivity index (χ1v) is 8.57. The van der Waals surface area contributed by atoms with Crippen molar-refractivity contribution in [1.29, 1.82) is 0 Å². The Morgan fingerprint density at radius 1 is 1.17 bits per heavy atom. The lowest BCUT2D eigenvalue weighted by Gasteiger charge is -2.07. The van der Waals surface area contributed by atoms with Gasteiger partial charge in [-0.25, -0.2) is 4.79 Å². The fourth-order valence-electron chi connectivity index (χ4n) is 2.69. The quantitative estimate of drug-likeness (QED) is 0.665. The van der Waals surface area contributed by atoms with Gasteiger partial charge in [-0.2, -0.15) is 0 Å². The van der Waals surface area contributed by atoms with Crippen LogP contribution in [0.5, 0.6) is 0 Å². The van der Waals surface area contributed by atoms with E-state index in [2.05, 4.69) is 34.7 Å². The molecule has 1 saturated carbocycles. The van der Waals surface area contributed by atoms with Crippen molar-refractivity contribution in [3.05, 3.63) is 47.8 Å². The third kappa shape index (κ3) is 4.88. The van der Waals surface area contributed by atoms with Gasteiger partial charge in [-0.1, -0.05) is 25.5 Å². The summed E-state index contributed by atoms with van der Waals surface area (Å²) in [6.07, 6.45) is 9.09. The van der Waals surface area contributed by atoms with Gasteiger partial charge in [-0.3, -0.25) is 0 Å². The van der Waals surface area contributed by atoms with Gasteiger partial charge in [0.15, 0.2) is 0 Å². The number of carbonyl (C=O) groups is 1. The predicted molar refractivity (Wildman–Crippen MR) is 94.9 cm³/mol. The normalized spacial score (nSPS) is 13.8. The number of hydrogen-bond acceptors (Lipinski definition) is 1. The zero-order chi connectivity index (χ0) is 16.1. The van der Waals surface area contributed by atoms with Crippen molar-refractivity contribution in [1.82, 2.24) is 4.98 Å². The smallest absolute Gasteiger partial charge is 0.323 e. The fraction of sp³-hybridized carbons (Fsp3) is 0.421. The molecule has 3 rings (SSSR count). The van der Waals surface area contributed by atoms with Crippen LogP contribution in [0.1, 0.15) is 43.9 Å². The number of carbonyl (C=O) groups excluding carboxylic acids is 1. The van der Waals surface area contributed by atoms with E-state index in [1.165, 1.54) is 36.9 Å². The van der Waals surface area contributed by atoms with Gasteiger partial charge < -0.3 is 15.6 Å².